The van der Waals surface area contributed by atoms with Crippen molar-refractivity contribution in [3.63, 3.8) is 0 Å². The molecule has 0 saturated heterocycles. The number of nitrogens with one attached hydrogen (secondary N) is 1. The third kappa shape index (κ3) is 2.79. The number of likely N-dealkylation sites (N-methyl/N-ethyl adjacent to an activating group) is 1. The van der Waals surface area contributed by atoms with Gasteiger partial charge in [-0.25, -0.2) is 0 Å². The largest absolute Gasteiger partial charge is 0.468 e. The summed E-state index contributed by atoms with van der Waals surface area (Å²) in [6, 6.07) is 1.62. The van der Waals surface area contributed by atoms with Crippen LogP contribution >= 0.6 is 0 Å². The van der Waals surface area contributed by atoms with E-state index in [2.05, 4.69) is 15.2 Å². The molecule has 0 aliphatic rings. The lowest BCUT2D eigenvalue weighted by molar-refractivity contribution is -0.143. The van der Waals surface area contributed by atoms with E-state index in [-0.39, 0.29) is 12.0 Å². The SMILES string of the molecule is CNC(Cn1nc(C)cc1C)C(=O)OC. The summed E-state index contributed by atoms with van der Waals surface area (Å²) >= 11 is 0. The number of nitrogens with zero attached hydrogens (tertiary/aromatic N) is 2. The van der Waals surface area contributed by atoms with E-state index in [4.69, 9.17) is 0 Å². The van der Waals surface area contributed by atoms with E-state index in [1.54, 1.807) is 11.7 Å². The van der Waals surface area contributed by atoms with Crippen molar-refractivity contribution in [2.24, 2.45) is 0 Å². The van der Waals surface area contributed by atoms with Crippen molar-refractivity contribution in [2.45, 2.75) is 26.4 Å². The average Bonchev–Trinajstić information content (AvgIpc) is 2.52. The number of hydrogen-bond donors (Lipinski definition) is 1. The Hall–Kier alpha value is -1.36. The molecule has 1 aromatic rings. The second-order valence-corrected chi connectivity index (χ2v) is 3.47. The molecular formula is C10H17N3O2. The molecular weight excluding hydrogens is 194 g/mol. The molecule has 0 fully saturated rings. The van der Waals surface area contributed by atoms with Crippen LogP contribution in [-0.4, -0.2) is 35.9 Å². The Morgan fingerprint density at radius 1 is 1.67 bits per heavy atom. The van der Waals surface area contributed by atoms with Crippen molar-refractivity contribution in [1.82, 2.24) is 15.1 Å². The van der Waals surface area contributed by atoms with Gasteiger partial charge in [0.25, 0.3) is 0 Å². The highest BCUT2D eigenvalue weighted by molar-refractivity contribution is 5.75. The summed E-state index contributed by atoms with van der Waals surface area (Å²) in [5, 5.41) is 7.19. The first kappa shape index (κ1) is 11.7. The molecule has 1 N–H and O–H groups in total. The van der Waals surface area contributed by atoms with Crippen molar-refractivity contribution in [3.05, 3.63) is 17.5 Å². The number of aryl methyl sites for hydroxylation is 2. The summed E-state index contributed by atoms with van der Waals surface area (Å²) in [4.78, 5) is 11.3. The summed E-state index contributed by atoms with van der Waals surface area (Å²) < 4.78 is 6.48. The van der Waals surface area contributed by atoms with Gasteiger partial charge < -0.3 is 10.1 Å². The molecule has 1 atom stereocenters. The average molecular weight is 211 g/mol. The maximum Gasteiger partial charge on any atom is 0.324 e. The normalized spacial score (nSPS) is 12.5. The van der Waals surface area contributed by atoms with E-state index in [1.807, 2.05) is 19.9 Å². The van der Waals surface area contributed by atoms with Crippen molar-refractivity contribution in [2.75, 3.05) is 14.2 Å². The Balaban J connectivity index is 2.74. The first-order valence-corrected chi connectivity index (χ1v) is 4.84. The van der Waals surface area contributed by atoms with Crippen molar-refractivity contribution >= 4 is 5.97 Å². The highest BCUT2D eigenvalue weighted by Crippen LogP contribution is 2.03. The highest BCUT2D eigenvalue weighted by atomic mass is 16.5. The minimum atomic E-state index is -0.354. The second-order valence-electron chi connectivity index (χ2n) is 3.47. The van der Waals surface area contributed by atoms with Crippen LogP contribution in [0, 0.1) is 13.8 Å². The van der Waals surface area contributed by atoms with Gasteiger partial charge in [0, 0.05) is 5.69 Å². The van der Waals surface area contributed by atoms with Gasteiger partial charge in [0.05, 0.1) is 19.3 Å². The first-order valence-electron chi connectivity index (χ1n) is 4.84. The van der Waals surface area contributed by atoms with Crippen LogP contribution in [0.4, 0.5) is 0 Å². The number of carbonyl (C=O) groups is 1. The molecule has 0 saturated carbocycles. The van der Waals surface area contributed by atoms with Gasteiger partial charge in [0.2, 0.25) is 0 Å². The van der Waals surface area contributed by atoms with Crippen molar-refractivity contribution in [1.29, 1.82) is 0 Å². The molecule has 0 radical (unpaired) electrons. The smallest absolute Gasteiger partial charge is 0.324 e. The standard InChI is InChI=1S/C10H17N3O2/c1-7-5-8(2)13(12-7)6-9(11-3)10(14)15-4/h5,9,11H,6H2,1-4H3. The molecule has 0 bridgehead atoms. The van der Waals surface area contributed by atoms with Crippen LogP contribution in [-0.2, 0) is 16.1 Å². The van der Waals surface area contributed by atoms with Crippen molar-refractivity contribution in [3.8, 4) is 0 Å². The predicted octanol–water partition coefficient (Wildman–Crippen LogP) is 0.261. The number of ether oxygens (including phenoxy) is 1. The molecule has 0 aliphatic carbocycles. The molecule has 5 heteroatoms. The molecule has 0 amide bonds. The molecule has 5 nitrogen and oxygen atoms in total. The zero-order chi connectivity index (χ0) is 11.4. The Bertz CT molecular complexity index is 346. The fourth-order valence-electron chi connectivity index (χ4n) is 1.46. The minimum Gasteiger partial charge on any atom is -0.468 e. The lowest BCUT2D eigenvalue weighted by Gasteiger charge is -2.14. The molecule has 1 heterocycles. The maximum absolute atomic E-state index is 11.3. The van der Waals surface area contributed by atoms with Gasteiger partial charge in [-0.15, -0.1) is 0 Å². The van der Waals surface area contributed by atoms with E-state index in [0.29, 0.717) is 6.54 Å². The van der Waals surface area contributed by atoms with Gasteiger partial charge >= 0.3 is 5.97 Å². The van der Waals surface area contributed by atoms with Gasteiger partial charge in [-0.05, 0) is 27.0 Å². The number of rotatable bonds is 4. The fourth-order valence-corrected chi connectivity index (χ4v) is 1.46. The zero-order valence-corrected chi connectivity index (χ0v) is 9.57. The first-order chi connectivity index (χ1) is 7.08. The number of esters is 1. The molecule has 84 valence electrons. The van der Waals surface area contributed by atoms with E-state index in [0.717, 1.165) is 11.4 Å². The summed E-state index contributed by atoms with van der Waals surface area (Å²) in [5.41, 5.74) is 1.99. The topological polar surface area (TPSA) is 56.2 Å². The molecule has 15 heavy (non-hydrogen) atoms. The van der Waals surface area contributed by atoms with Gasteiger partial charge in [-0.1, -0.05) is 0 Å². The lowest BCUT2D eigenvalue weighted by Crippen LogP contribution is -2.39. The third-order valence-corrected chi connectivity index (χ3v) is 2.29. The van der Waals surface area contributed by atoms with E-state index in [9.17, 15) is 4.79 Å². The Morgan fingerprint density at radius 2 is 2.33 bits per heavy atom. The molecule has 0 aliphatic heterocycles. The number of methoxy groups -OCH3 is 1. The van der Waals surface area contributed by atoms with Gasteiger partial charge in [-0.2, -0.15) is 5.10 Å². The highest BCUT2D eigenvalue weighted by Gasteiger charge is 2.18. The van der Waals surface area contributed by atoms with Crippen LogP contribution in [0.2, 0.25) is 0 Å². The van der Waals surface area contributed by atoms with Gasteiger partial charge in [0.1, 0.15) is 6.04 Å². The van der Waals surface area contributed by atoms with Crippen LogP contribution in [0.3, 0.4) is 0 Å². The Labute approximate surface area is 89.4 Å². The predicted molar refractivity (Wildman–Crippen MR) is 56.6 cm³/mol. The quantitative estimate of drug-likeness (QED) is 0.726. The van der Waals surface area contributed by atoms with Crippen LogP contribution in [0.15, 0.2) is 6.07 Å². The van der Waals surface area contributed by atoms with Gasteiger partial charge in [0.15, 0.2) is 0 Å². The summed E-state index contributed by atoms with van der Waals surface area (Å²) in [7, 11) is 3.11. The number of aromatic nitrogens is 2. The van der Waals surface area contributed by atoms with Crippen LogP contribution in [0.1, 0.15) is 11.4 Å². The number of carbonyl (C=O) groups excluding carboxylic acids is 1. The van der Waals surface area contributed by atoms with E-state index >= 15 is 0 Å². The zero-order valence-electron chi connectivity index (χ0n) is 9.57. The van der Waals surface area contributed by atoms with Crippen molar-refractivity contribution < 1.29 is 9.53 Å². The minimum absolute atomic E-state index is 0.273. The summed E-state index contributed by atoms with van der Waals surface area (Å²) in [6.45, 7) is 4.38. The van der Waals surface area contributed by atoms with Crippen LogP contribution in [0.25, 0.3) is 0 Å². The maximum atomic E-state index is 11.3. The monoisotopic (exact) mass is 211 g/mol. The molecule has 0 spiro atoms. The van der Waals surface area contributed by atoms with Gasteiger partial charge in [-0.3, -0.25) is 9.48 Å². The summed E-state index contributed by atoms with van der Waals surface area (Å²) in [5.74, 6) is -0.273. The molecule has 0 aromatic carbocycles. The Kier molecular flexibility index (Phi) is 3.85. The molecule has 1 unspecified atom stereocenters. The second kappa shape index (κ2) is 4.93. The lowest BCUT2D eigenvalue weighted by atomic mass is 10.3. The third-order valence-electron chi connectivity index (χ3n) is 2.29. The molecule has 1 aromatic heterocycles. The fraction of sp³-hybridized carbons (Fsp3) is 0.600. The number of hydrogen-bond acceptors (Lipinski definition) is 4. The Morgan fingerprint density at radius 3 is 2.73 bits per heavy atom. The van der Waals surface area contributed by atoms with Crippen LogP contribution < -0.4 is 5.32 Å². The van der Waals surface area contributed by atoms with Crippen LogP contribution in [0.5, 0.6) is 0 Å². The molecule has 1 rings (SSSR count). The summed E-state index contributed by atoms with van der Waals surface area (Å²) in [6.07, 6.45) is 0. The van der Waals surface area contributed by atoms with E-state index in [1.165, 1.54) is 7.11 Å². The van der Waals surface area contributed by atoms with E-state index < -0.39 is 0 Å².